The smallest absolute Gasteiger partial charge is 0.278 e. The molecule has 13 heavy (non-hydrogen) atoms. The number of alkyl halides is 2. The zero-order valence-electron chi connectivity index (χ0n) is 6.35. The number of aromatic nitrogens is 1. The molecule has 0 saturated carbocycles. The van der Waals surface area contributed by atoms with Gasteiger partial charge in [-0.2, -0.15) is 0 Å². The fraction of sp³-hybridized carbons (Fsp3) is 0.286. The second kappa shape index (κ2) is 4.14. The monoisotopic (exact) mass is 301 g/mol. The van der Waals surface area contributed by atoms with Crippen LogP contribution in [0, 0.1) is 3.57 Å². The van der Waals surface area contributed by atoms with Crippen molar-refractivity contribution in [3.8, 4) is 0 Å². The molecule has 2 N–H and O–H groups in total. The van der Waals surface area contributed by atoms with E-state index in [9.17, 15) is 13.6 Å². The molecular weight excluding hydrogens is 295 g/mol. The summed E-state index contributed by atoms with van der Waals surface area (Å²) in [5.74, 6) is 0. The molecule has 0 spiro atoms. The minimum Gasteiger partial charge on any atom is -0.390 e. The van der Waals surface area contributed by atoms with Gasteiger partial charge in [0.15, 0.2) is 5.43 Å². The van der Waals surface area contributed by atoms with Gasteiger partial charge in [0.05, 0.1) is 21.6 Å². The molecule has 1 heterocycles. The Hall–Kier alpha value is -0.500. The lowest BCUT2D eigenvalue weighted by Gasteiger charge is -2.04. The second-order valence-corrected chi connectivity index (χ2v) is 3.42. The fourth-order valence-electron chi connectivity index (χ4n) is 0.845. The van der Waals surface area contributed by atoms with Crippen LogP contribution in [0.25, 0.3) is 0 Å². The molecule has 6 heteroatoms. The molecule has 0 aliphatic heterocycles. The number of aliphatic hydroxyl groups is 1. The van der Waals surface area contributed by atoms with Gasteiger partial charge in [0.25, 0.3) is 6.43 Å². The highest BCUT2D eigenvalue weighted by Gasteiger charge is 2.12. The van der Waals surface area contributed by atoms with Gasteiger partial charge in [-0.3, -0.25) is 4.79 Å². The van der Waals surface area contributed by atoms with Gasteiger partial charge in [0.2, 0.25) is 0 Å². The standard InChI is InChI=1S/C7H6F2INO2/c8-7(9)3-1-5(13)6(10)4(2-12)11-3/h1,7,12H,2H2,(H,11,13). The molecule has 1 aromatic heterocycles. The zero-order valence-corrected chi connectivity index (χ0v) is 8.51. The number of aromatic amines is 1. The van der Waals surface area contributed by atoms with E-state index >= 15 is 0 Å². The van der Waals surface area contributed by atoms with Gasteiger partial charge in [-0.25, -0.2) is 8.78 Å². The van der Waals surface area contributed by atoms with Crippen LogP contribution in [-0.4, -0.2) is 10.1 Å². The van der Waals surface area contributed by atoms with Crippen LogP contribution in [0.5, 0.6) is 0 Å². The molecule has 0 aromatic carbocycles. The maximum atomic E-state index is 12.1. The number of pyridine rings is 1. The van der Waals surface area contributed by atoms with Crippen LogP contribution in [0.2, 0.25) is 0 Å². The van der Waals surface area contributed by atoms with Crippen LogP contribution in [0.1, 0.15) is 17.8 Å². The minimum atomic E-state index is -2.73. The number of rotatable bonds is 2. The summed E-state index contributed by atoms with van der Waals surface area (Å²) in [6.07, 6.45) is -2.73. The third kappa shape index (κ3) is 2.25. The van der Waals surface area contributed by atoms with Gasteiger partial charge in [-0.15, -0.1) is 0 Å². The maximum Gasteiger partial charge on any atom is 0.278 e. The van der Waals surface area contributed by atoms with Crippen molar-refractivity contribution in [1.82, 2.24) is 4.98 Å². The molecule has 0 unspecified atom stereocenters. The Labute approximate surface area is 85.9 Å². The summed E-state index contributed by atoms with van der Waals surface area (Å²) in [7, 11) is 0. The Morgan fingerprint density at radius 1 is 1.62 bits per heavy atom. The highest BCUT2D eigenvalue weighted by molar-refractivity contribution is 14.1. The Bertz CT molecular complexity index is 364. The largest absolute Gasteiger partial charge is 0.390 e. The molecule has 0 bridgehead atoms. The van der Waals surface area contributed by atoms with E-state index in [1.165, 1.54) is 0 Å². The zero-order chi connectivity index (χ0) is 10.0. The predicted octanol–water partition coefficient (Wildman–Crippen LogP) is 1.41. The topological polar surface area (TPSA) is 53.1 Å². The average Bonchev–Trinajstić information content (AvgIpc) is 2.09. The number of aliphatic hydroxyl groups excluding tert-OH is 1. The lowest BCUT2D eigenvalue weighted by Crippen LogP contribution is -2.12. The van der Waals surface area contributed by atoms with Crippen LogP contribution in [0.3, 0.4) is 0 Å². The predicted molar refractivity (Wildman–Crippen MR) is 50.7 cm³/mol. The van der Waals surface area contributed by atoms with Crippen molar-refractivity contribution in [2.75, 3.05) is 0 Å². The molecule has 0 saturated heterocycles. The summed E-state index contributed by atoms with van der Waals surface area (Å²) in [5, 5.41) is 8.73. The lowest BCUT2D eigenvalue weighted by molar-refractivity contribution is 0.145. The van der Waals surface area contributed by atoms with Gasteiger partial charge in [0, 0.05) is 6.07 Å². The van der Waals surface area contributed by atoms with Crippen molar-refractivity contribution in [3.63, 3.8) is 0 Å². The Morgan fingerprint density at radius 2 is 2.23 bits per heavy atom. The number of halogens is 3. The number of hydrogen-bond acceptors (Lipinski definition) is 2. The number of H-pyrrole nitrogens is 1. The summed E-state index contributed by atoms with van der Waals surface area (Å²) < 4.78 is 24.5. The first kappa shape index (κ1) is 10.6. The van der Waals surface area contributed by atoms with Crippen LogP contribution in [-0.2, 0) is 6.61 Å². The second-order valence-electron chi connectivity index (χ2n) is 2.34. The van der Waals surface area contributed by atoms with Crippen LogP contribution < -0.4 is 5.43 Å². The summed E-state index contributed by atoms with van der Waals surface area (Å²) in [6, 6.07) is 0.839. The van der Waals surface area contributed by atoms with E-state index < -0.39 is 24.2 Å². The molecule has 0 amide bonds. The van der Waals surface area contributed by atoms with Crippen LogP contribution >= 0.6 is 22.6 Å². The quantitative estimate of drug-likeness (QED) is 0.812. The molecule has 72 valence electrons. The average molecular weight is 301 g/mol. The molecule has 0 atom stereocenters. The maximum absolute atomic E-state index is 12.1. The highest BCUT2D eigenvalue weighted by atomic mass is 127. The van der Waals surface area contributed by atoms with E-state index in [2.05, 4.69) is 4.98 Å². The Kier molecular flexibility index (Phi) is 3.37. The molecule has 0 fully saturated rings. The van der Waals surface area contributed by atoms with Gasteiger partial charge in [0.1, 0.15) is 0 Å². The van der Waals surface area contributed by atoms with Crippen molar-refractivity contribution in [2.45, 2.75) is 13.0 Å². The number of hydrogen-bond donors (Lipinski definition) is 2. The molecule has 1 aromatic rings. The highest BCUT2D eigenvalue weighted by Crippen LogP contribution is 2.16. The first-order valence-corrected chi connectivity index (χ1v) is 4.44. The van der Waals surface area contributed by atoms with Gasteiger partial charge in [-0.1, -0.05) is 0 Å². The molecule has 0 aliphatic rings. The first-order chi connectivity index (χ1) is 6.06. The van der Waals surface area contributed by atoms with Gasteiger partial charge in [-0.05, 0) is 22.6 Å². The molecule has 3 nitrogen and oxygen atoms in total. The minimum absolute atomic E-state index is 0.128. The Balaban J connectivity index is 3.31. The Morgan fingerprint density at radius 3 is 2.69 bits per heavy atom. The molecule has 0 radical (unpaired) electrons. The van der Waals surface area contributed by atoms with E-state index in [4.69, 9.17) is 5.11 Å². The van der Waals surface area contributed by atoms with Crippen LogP contribution in [0.4, 0.5) is 8.78 Å². The van der Waals surface area contributed by atoms with Crippen molar-refractivity contribution in [2.24, 2.45) is 0 Å². The van der Waals surface area contributed by atoms with Gasteiger partial charge >= 0.3 is 0 Å². The van der Waals surface area contributed by atoms with E-state index in [1.54, 1.807) is 22.6 Å². The number of nitrogens with one attached hydrogen (secondary N) is 1. The summed E-state index contributed by atoms with van der Waals surface area (Å²) in [5.41, 5.74) is -0.837. The van der Waals surface area contributed by atoms with Crippen molar-refractivity contribution in [3.05, 3.63) is 31.2 Å². The van der Waals surface area contributed by atoms with E-state index in [1.807, 2.05) is 0 Å². The first-order valence-electron chi connectivity index (χ1n) is 3.37. The molecule has 1 rings (SSSR count). The van der Waals surface area contributed by atoms with Crippen molar-refractivity contribution in [1.29, 1.82) is 0 Å². The van der Waals surface area contributed by atoms with E-state index in [-0.39, 0.29) is 9.26 Å². The van der Waals surface area contributed by atoms with Gasteiger partial charge < -0.3 is 10.1 Å². The van der Waals surface area contributed by atoms with Crippen molar-refractivity contribution < 1.29 is 13.9 Å². The van der Waals surface area contributed by atoms with E-state index in [0.29, 0.717) is 0 Å². The lowest BCUT2D eigenvalue weighted by atomic mass is 10.3. The van der Waals surface area contributed by atoms with Crippen LogP contribution in [0.15, 0.2) is 10.9 Å². The molecular formula is C7H6F2INO2. The normalized spacial score (nSPS) is 10.8. The fourth-order valence-corrected chi connectivity index (χ4v) is 1.31. The third-order valence-electron chi connectivity index (χ3n) is 1.46. The summed E-state index contributed by atoms with van der Waals surface area (Å²) in [6.45, 7) is -0.450. The summed E-state index contributed by atoms with van der Waals surface area (Å²) >= 11 is 1.70. The SMILES string of the molecule is O=c1cc(C(F)F)[nH]c(CO)c1I. The summed E-state index contributed by atoms with van der Waals surface area (Å²) in [4.78, 5) is 13.3. The molecule has 0 aliphatic carbocycles. The van der Waals surface area contributed by atoms with Crippen molar-refractivity contribution >= 4 is 22.6 Å². The van der Waals surface area contributed by atoms with E-state index in [0.717, 1.165) is 6.07 Å². The third-order valence-corrected chi connectivity index (χ3v) is 2.64.